The Kier molecular flexibility index (Phi) is 10.8. The van der Waals surface area contributed by atoms with E-state index in [0.29, 0.717) is 0 Å². The van der Waals surface area contributed by atoms with E-state index < -0.39 is 0 Å². The summed E-state index contributed by atoms with van der Waals surface area (Å²) in [6, 6.07) is 0. The van der Waals surface area contributed by atoms with Crippen molar-refractivity contribution in [2.24, 2.45) is 0 Å². The zero-order valence-corrected chi connectivity index (χ0v) is 8.15. The molecular weight excluding hydrogens is 155 g/mol. The quantitative estimate of drug-likeness (QED) is 0.490. The molecule has 0 aromatic heterocycles. The molecule has 74 valence electrons. The van der Waals surface area contributed by atoms with Crippen LogP contribution >= 0.6 is 0 Å². The molecule has 2 heteroatoms. The van der Waals surface area contributed by atoms with Crippen LogP contribution in [0.4, 0.5) is 4.39 Å². The van der Waals surface area contributed by atoms with Crippen LogP contribution in [0.15, 0.2) is 0 Å². The molecule has 0 atom stereocenters. The van der Waals surface area contributed by atoms with E-state index in [2.05, 4.69) is 6.92 Å². The molecule has 0 unspecified atom stereocenters. The lowest BCUT2D eigenvalue weighted by Crippen LogP contribution is -1.97. The first-order valence-corrected chi connectivity index (χ1v) is 5.05. The molecule has 12 heavy (non-hydrogen) atoms. The lowest BCUT2D eigenvalue weighted by Gasteiger charge is -2.01. The SMILES string of the molecule is CCCCCCCCOCCF. The van der Waals surface area contributed by atoms with Crippen LogP contribution in [0.25, 0.3) is 0 Å². The maximum atomic E-state index is 11.5. The van der Waals surface area contributed by atoms with Gasteiger partial charge in [0, 0.05) is 6.61 Å². The van der Waals surface area contributed by atoms with E-state index in [1.165, 1.54) is 32.1 Å². The van der Waals surface area contributed by atoms with Crippen molar-refractivity contribution in [3.63, 3.8) is 0 Å². The number of rotatable bonds is 9. The summed E-state index contributed by atoms with van der Waals surface area (Å²) in [4.78, 5) is 0. The van der Waals surface area contributed by atoms with Crippen molar-refractivity contribution in [1.29, 1.82) is 0 Å². The fourth-order valence-electron chi connectivity index (χ4n) is 1.14. The molecule has 0 saturated heterocycles. The standard InChI is InChI=1S/C10H21FO/c1-2-3-4-5-6-7-9-12-10-8-11/h2-10H2,1H3. The van der Waals surface area contributed by atoms with Crippen LogP contribution in [-0.2, 0) is 4.74 Å². The Balaban J connectivity index is 2.73. The Morgan fingerprint density at radius 1 is 0.917 bits per heavy atom. The number of ether oxygens (including phenoxy) is 1. The van der Waals surface area contributed by atoms with Gasteiger partial charge >= 0.3 is 0 Å². The lowest BCUT2D eigenvalue weighted by molar-refractivity contribution is 0.115. The first-order chi connectivity index (χ1) is 5.91. The molecule has 0 aromatic carbocycles. The summed E-state index contributed by atoms with van der Waals surface area (Å²) in [5.74, 6) is 0. The summed E-state index contributed by atoms with van der Waals surface area (Å²) < 4.78 is 16.6. The second-order valence-electron chi connectivity index (χ2n) is 3.07. The minimum Gasteiger partial charge on any atom is -0.379 e. The van der Waals surface area contributed by atoms with Crippen molar-refractivity contribution < 1.29 is 9.13 Å². The highest BCUT2D eigenvalue weighted by Gasteiger charge is 1.90. The molecule has 0 aromatic rings. The van der Waals surface area contributed by atoms with Gasteiger partial charge in [0.05, 0.1) is 6.61 Å². The third kappa shape index (κ3) is 9.89. The number of unbranched alkanes of at least 4 members (excludes halogenated alkanes) is 5. The highest BCUT2D eigenvalue weighted by Crippen LogP contribution is 2.04. The molecule has 0 N–H and O–H groups in total. The Bertz CT molecular complexity index is 66.2. The van der Waals surface area contributed by atoms with Crippen LogP contribution in [0, 0.1) is 0 Å². The zero-order chi connectivity index (χ0) is 9.07. The summed E-state index contributed by atoms with van der Waals surface area (Å²) in [5.41, 5.74) is 0. The van der Waals surface area contributed by atoms with Crippen molar-refractivity contribution in [3.05, 3.63) is 0 Å². The van der Waals surface area contributed by atoms with E-state index in [-0.39, 0.29) is 13.3 Å². The molecule has 0 rings (SSSR count). The first-order valence-electron chi connectivity index (χ1n) is 5.05. The van der Waals surface area contributed by atoms with Crippen LogP contribution < -0.4 is 0 Å². The second kappa shape index (κ2) is 10.9. The maximum absolute atomic E-state index is 11.5. The van der Waals surface area contributed by atoms with Crippen LogP contribution in [-0.4, -0.2) is 19.9 Å². The van der Waals surface area contributed by atoms with Gasteiger partial charge in [-0.2, -0.15) is 0 Å². The van der Waals surface area contributed by atoms with Crippen LogP contribution in [0.1, 0.15) is 45.4 Å². The van der Waals surface area contributed by atoms with E-state index in [0.717, 1.165) is 13.0 Å². The van der Waals surface area contributed by atoms with E-state index >= 15 is 0 Å². The summed E-state index contributed by atoms with van der Waals surface area (Å²) in [6.45, 7) is 2.87. The van der Waals surface area contributed by atoms with Crippen LogP contribution in [0.2, 0.25) is 0 Å². The van der Waals surface area contributed by atoms with Gasteiger partial charge in [-0.15, -0.1) is 0 Å². The molecule has 0 fully saturated rings. The van der Waals surface area contributed by atoms with Crippen LogP contribution in [0.5, 0.6) is 0 Å². The summed E-state index contributed by atoms with van der Waals surface area (Å²) >= 11 is 0. The van der Waals surface area contributed by atoms with Crippen molar-refractivity contribution in [2.75, 3.05) is 19.9 Å². The average Bonchev–Trinajstić information content (AvgIpc) is 2.10. The molecule has 0 heterocycles. The molecule has 0 radical (unpaired) electrons. The van der Waals surface area contributed by atoms with Gasteiger partial charge in [0.15, 0.2) is 0 Å². The number of alkyl halides is 1. The third-order valence-electron chi connectivity index (χ3n) is 1.86. The molecule has 0 bridgehead atoms. The van der Waals surface area contributed by atoms with Gasteiger partial charge in [0.2, 0.25) is 0 Å². The van der Waals surface area contributed by atoms with Crippen molar-refractivity contribution in [3.8, 4) is 0 Å². The molecule has 0 aliphatic rings. The monoisotopic (exact) mass is 176 g/mol. The van der Waals surface area contributed by atoms with Gasteiger partial charge in [-0.05, 0) is 6.42 Å². The molecule has 0 aliphatic heterocycles. The number of hydrogen-bond donors (Lipinski definition) is 0. The molecule has 0 aliphatic carbocycles. The highest BCUT2D eigenvalue weighted by atomic mass is 19.1. The normalized spacial score (nSPS) is 10.5. The Hall–Kier alpha value is -0.110. The fraction of sp³-hybridized carbons (Fsp3) is 1.00. The Morgan fingerprint density at radius 2 is 1.58 bits per heavy atom. The topological polar surface area (TPSA) is 9.23 Å². The number of halogens is 1. The summed E-state index contributed by atoms with van der Waals surface area (Å²) in [6.07, 6.45) is 7.58. The summed E-state index contributed by atoms with van der Waals surface area (Å²) in [5, 5.41) is 0. The zero-order valence-electron chi connectivity index (χ0n) is 8.15. The molecule has 1 nitrogen and oxygen atoms in total. The smallest absolute Gasteiger partial charge is 0.113 e. The Morgan fingerprint density at radius 3 is 2.25 bits per heavy atom. The second-order valence-corrected chi connectivity index (χ2v) is 3.07. The highest BCUT2D eigenvalue weighted by molar-refractivity contribution is 4.43. The van der Waals surface area contributed by atoms with Gasteiger partial charge in [-0.1, -0.05) is 39.0 Å². The van der Waals surface area contributed by atoms with Gasteiger partial charge in [0.25, 0.3) is 0 Å². The maximum Gasteiger partial charge on any atom is 0.113 e. The van der Waals surface area contributed by atoms with Gasteiger partial charge in [-0.25, -0.2) is 4.39 Å². The Labute approximate surface area is 75.3 Å². The molecule has 0 amide bonds. The number of hydrogen-bond acceptors (Lipinski definition) is 1. The van der Waals surface area contributed by atoms with Crippen molar-refractivity contribution >= 4 is 0 Å². The minimum atomic E-state index is -0.351. The van der Waals surface area contributed by atoms with E-state index in [9.17, 15) is 4.39 Å². The van der Waals surface area contributed by atoms with E-state index in [4.69, 9.17) is 4.74 Å². The molecular formula is C10H21FO. The third-order valence-corrected chi connectivity index (χ3v) is 1.86. The summed E-state index contributed by atoms with van der Waals surface area (Å²) in [7, 11) is 0. The molecule has 0 saturated carbocycles. The fourth-order valence-corrected chi connectivity index (χ4v) is 1.14. The lowest BCUT2D eigenvalue weighted by atomic mass is 10.1. The minimum absolute atomic E-state index is 0.273. The molecule has 0 spiro atoms. The van der Waals surface area contributed by atoms with Crippen molar-refractivity contribution in [1.82, 2.24) is 0 Å². The van der Waals surface area contributed by atoms with Crippen LogP contribution in [0.3, 0.4) is 0 Å². The predicted octanol–water partition coefficient (Wildman–Crippen LogP) is 3.33. The predicted molar refractivity (Wildman–Crippen MR) is 50.2 cm³/mol. The van der Waals surface area contributed by atoms with E-state index in [1.807, 2.05) is 0 Å². The largest absolute Gasteiger partial charge is 0.379 e. The first kappa shape index (κ1) is 11.9. The van der Waals surface area contributed by atoms with Gasteiger partial charge in [-0.3, -0.25) is 0 Å². The van der Waals surface area contributed by atoms with Gasteiger partial charge < -0.3 is 4.74 Å². The van der Waals surface area contributed by atoms with E-state index in [1.54, 1.807) is 0 Å². The average molecular weight is 176 g/mol. The van der Waals surface area contributed by atoms with Gasteiger partial charge in [0.1, 0.15) is 6.67 Å². The van der Waals surface area contributed by atoms with Crippen molar-refractivity contribution in [2.45, 2.75) is 45.4 Å².